The third-order valence-corrected chi connectivity index (χ3v) is 3.76. The summed E-state index contributed by atoms with van der Waals surface area (Å²) in [6.07, 6.45) is 0. The fourth-order valence-electron chi connectivity index (χ4n) is 2.28. The lowest BCUT2D eigenvalue weighted by atomic mass is 10.0. The number of H-pyrrole nitrogens is 1. The Kier molecular flexibility index (Phi) is 4.37. The van der Waals surface area contributed by atoms with Gasteiger partial charge >= 0.3 is 5.69 Å². The minimum atomic E-state index is -0.518. The van der Waals surface area contributed by atoms with Crippen molar-refractivity contribution in [2.45, 2.75) is 39.5 Å². The maximum absolute atomic E-state index is 12.6. The molecule has 2 aromatic rings. The van der Waals surface area contributed by atoms with Gasteiger partial charge in [0, 0.05) is 0 Å². The van der Waals surface area contributed by atoms with Crippen molar-refractivity contribution in [3.05, 3.63) is 61.4 Å². The van der Waals surface area contributed by atoms with E-state index in [-0.39, 0.29) is 16.6 Å². The van der Waals surface area contributed by atoms with Gasteiger partial charge in [-0.2, -0.15) is 0 Å². The molecule has 112 valence electrons. The second-order valence-electron chi connectivity index (χ2n) is 5.70. The average molecular weight is 307 g/mol. The van der Waals surface area contributed by atoms with Crippen molar-refractivity contribution >= 4 is 11.6 Å². The van der Waals surface area contributed by atoms with Gasteiger partial charge in [0.15, 0.2) is 0 Å². The van der Waals surface area contributed by atoms with E-state index in [0.717, 1.165) is 10.1 Å². The van der Waals surface area contributed by atoms with E-state index in [0.29, 0.717) is 17.2 Å². The van der Waals surface area contributed by atoms with Crippen LogP contribution in [-0.2, 0) is 0 Å². The molecule has 5 heteroatoms. The Morgan fingerprint density at radius 3 is 2.33 bits per heavy atom. The number of rotatable bonds is 3. The molecule has 1 N–H and O–H groups in total. The first-order valence-corrected chi connectivity index (χ1v) is 7.35. The Morgan fingerprint density at radius 2 is 1.76 bits per heavy atom. The van der Waals surface area contributed by atoms with E-state index in [4.69, 9.17) is 11.6 Å². The maximum atomic E-state index is 12.6. The summed E-state index contributed by atoms with van der Waals surface area (Å²) >= 11 is 6.00. The molecule has 0 bridgehead atoms. The Balaban J connectivity index is 2.76. The van der Waals surface area contributed by atoms with Gasteiger partial charge in [-0.15, -0.1) is 0 Å². The van der Waals surface area contributed by atoms with E-state index in [1.54, 1.807) is 6.07 Å². The lowest BCUT2D eigenvalue weighted by molar-refractivity contribution is 0.775. The Hall–Kier alpha value is -1.81. The highest BCUT2D eigenvalue weighted by molar-refractivity contribution is 6.30. The van der Waals surface area contributed by atoms with E-state index in [9.17, 15) is 9.59 Å². The van der Waals surface area contributed by atoms with Crippen molar-refractivity contribution in [1.29, 1.82) is 0 Å². The van der Waals surface area contributed by atoms with Crippen molar-refractivity contribution in [3.8, 4) is 5.69 Å². The summed E-state index contributed by atoms with van der Waals surface area (Å²) in [6.45, 7) is 7.87. The summed E-state index contributed by atoms with van der Waals surface area (Å²) in [4.78, 5) is 27.3. The molecule has 0 radical (unpaired) electrons. The second-order valence-corrected chi connectivity index (χ2v) is 6.08. The largest absolute Gasteiger partial charge is 0.334 e. The summed E-state index contributed by atoms with van der Waals surface area (Å²) < 4.78 is 1.15. The molecule has 0 saturated heterocycles. The topological polar surface area (TPSA) is 54.9 Å². The van der Waals surface area contributed by atoms with Gasteiger partial charge < -0.3 is 0 Å². The van der Waals surface area contributed by atoms with Gasteiger partial charge in [0.1, 0.15) is 5.15 Å². The molecule has 0 saturated carbocycles. The van der Waals surface area contributed by atoms with Crippen LogP contribution in [0.25, 0.3) is 5.69 Å². The molecule has 0 fully saturated rings. The fraction of sp³-hybridized carbons (Fsp3) is 0.375. The summed E-state index contributed by atoms with van der Waals surface area (Å²) in [7, 11) is 0. The lowest BCUT2D eigenvalue weighted by Gasteiger charge is -2.13. The van der Waals surface area contributed by atoms with Crippen LogP contribution in [0.2, 0.25) is 5.15 Å². The highest BCUT2D eigenvalue weighted by Gasteiger charge is 2.17. The molecule has 2 rings (SSSR count). The van der Waals surface area contributed by atoms with Crippen molar-refractivity contribution in [3.63, 3.8) is 0 Å². The van der Waals surface area contributed by atoms with Gasteiger partial charge in [0.25, 0.3) is 5.56 Å². The number of hydrogen-bond acceptors (Lipinski definition) is 2. The van der Waals surface area contributed by atoms with Crippen LogP contribution in [0.5, 0.6) is 0 Å². The first-order valence-electron chi connectivity index (χ1n) is 6.98. The predicted octanol–water partition coefficient (Wildman–Crippen LogP) is 3.43. The normalized spacial score (nSPS) is 11.4. The molecular formula is C16H19ClN2O2. The zero-order chi connectivity index (χ0) is 15.7. The van der Waals surface area contributed by atoms with Gasteiger partial charge in [-0.1, -0.05) is 51.4 Å². The minimum absolute atomic E-state index is 0.0682. The molecule has 0 atom stereocenters. The van der Waals surface area contributed by atoms with Gasteiger partial charge in [0.2, 0.25) is 0 Å². The molecule has 0 unspecified atom stereocenters. The number of aromatic nitrogens is 2. The Bertz CT molecular complexity index is 773. The third-order valence-electron chi connectivity index (χ3n) is 3.46. The van der Waals surface area contributed by atoms with Gasteiger partial charge in [-0.05, 0) is 29.5 Å². The average Bonchev–Trinajstić information content (AvgIpc) is 2.37. The first-order chi connectivity index (χ1) is 9.82. The van der Waals surface area contributed by atoms with Gasteiger partial charge in [-0.25, -0.2) is 9.36 Å². The van der Waals surface area contributed by atoms with Crippen LogP contribution >= 0.6 is 11.6 Å². The molecule has 21 heavy (non-hydrogen) atoms. The summed E-state index contributed by atoms with van der Waals surface area (Å²) in [5.41, 5.74) is 1.17. The highest BCUT2D eigenvalue weighted by Crippen LogP contribution is 2.19. The number of nitrogens with zero attached hydrogens (tertiary/aromatic N) is 1. The first kappa shape index (κ1) is 15.6. The summed E-state index contributed by atoms with van der Waals surface area (Å²) in [5.74, 6) is 0.248. The molecule has 0 aliphatic carbocycles. The quantitative estimate of drug-likeness (QED) is 0.883. The molecular weight excluding hydrogens is 288 g/mol. The van der Waals surface area contributed by atoms with Gasteiger partial charge in [0.05, 0.1) is 11.3 Å². The van der Waals surface area contributed by atoms with E-state index in [1.165, 1.54) is 0 Å². The lowest BCUT2D eigenvalue weighted by Crippen LogP contribution is -2.36. The SMILES string of the molecule is CC(C)c1cccc(-n2c(=O)[nH]c(Cl)c(C(C)C)c2=O)c1. The van der Waals surface area contributed by atoms with Crippen molar-refractivity contribution < 1.29 is 0 Å². The van der Waals surface area contributed by atoms with E-state index in [1.807, 2.05) is 32.0 Å². The van der Waals surface area contributed by atoms with E-state index in [2.05, 4.69) is 18.8 Å². The third kappa shape index (κ3) is 2.95. The predicted molar refractivity (Wildman–Crippen MR) is 85.8 cm³/mol. The number of nitrogens with one attached hydrogen (secondary N) is 1. The van der Waals surface area contributed by atoms with Crippen LogP contribution in [-0.4, -0.2) is 9.55 Å². The second kappa shape index (κ2) is 5.90. The Labute approximate surface area is 128 Å². The zero-order valence-electron chi connectivity index (χ0n) is 12.6. The van der Waals surface area contributed by atoms with Crippen molar-refractivity contribution in [2.24, 2.45) is 0 Å². The highest BCUT2D eigenvalue weighted by atomic mass is 35.5. The van der Waals surface area contributed by atoms with Crippen molar-refractivity contribution in [1.82, 2.24) is 9.55 Å². The van der Waals surface area contributed by atoms with Crippen LogP contribution < -0.4 is 11.2 Å². The summed E-state index contributed by atoms with van der Waals surface area (Å²) in [6, 6.07) is 7.44. The molecule has 0 amide bonds. The van der Waals surface area contributed by atoms with Crippen LogP contribution in [0.4, 0.5) is 0 Å². The maximum Gasteiger partial charge on any atom is 0.334 e. The number of benzene rings is 1. The monoisotopic (exact) mass is 306 g/mol. The zero-order valence-corrected chi connectivity index (χ0v) is 13.4. The fourth-order valence-corrected chi connectivity index (χ4v) is 2.66. The molecule has 1 heterocycles. The standard InChI is InChI=1S/C16H19ClN2O2/c1-9(2)11-6-5-7-12(8-11)19-15(20)13(10(3)4)14(17)18-16(19)21/h5-10H,1-4H3,(H,18,21). The van der Waals surface area contributed by atoms with Gasteiger partial charge in [-0.3, -0.25) is 9.78 Å². The molecule has 1 aromatic carbocycles. The molecule has 0 aliphatic rings. The van der Waals surface area contributed by atoms with E-state index >= 15 is 0 Å². The van der Waals surface area contributed by atoms with Crippen LogP contribution in [0, 0.1) is 0 Å². The number of halogens is 1. The van der Waals surface area contributed by atoms with Crippen molar-refractivity contribution in [2.75, 3.05) is 0 Å². The summed E-state index contributed by atoms with van der Waals surface area (Å²) in [5, 5.41) is 0.122. The minimum Gasteiger partial charge on any atom is -0.297 e. The Morgan fingerprint density at radius 1 is 1.10 bits per heavy atom. The number of hydrogen-bond donors (Lipinski definition) is 1. The molecule has 1 aromatic heterocycles. The smallest absolute Gasteiger partial charge is 0.297 e. The van der Waals surface area contributed by atoms with Crippen LogP contribution in [0.3, 0.4) is 0 Å². The van der Waals surface area contributed by atoms with E-state index < -0.39 is 5.69 Å². The van der Waals surface area contributed by atoms with Crippen LogP contribution in [0.15, 0.2) is 33.9 Å². The molecule has 4 nitrogen and oxygen atoms in total. The molecule has 0 aliphatic heterocycles. The molecule has 0 spiro atoms. The van der Waals surface area contributed by atoms with Crippen LogP contribution in [0.1, 0.15) is 50.7 Å². The number of aromatic amines is 1.